The highest BCUT2D eigenvalue weighted by atomic mass is 35.7. The maximum atomic E-state index is 10.1. The van der Waals surface area contributed by atoms with E-state index in [1.807, 2.05) is 13.8 Å². The first kappa shape index (κ1) is 8.35. The van der Waals surface area contributed by atoms with Crippen LogP contribution in [-0.4, -0.2) is 12.5 Å². The molecule has 0 N–H and O–H groups in total. The molecule has 0 aromatic carbocycles. The number of hydrogen-bond donors (Lipinski definition) is 0. The van der Waals surface area contributed by atoms with Gasteiger partial charge in [0.25, 0.3) is 6.35 Å². The van der Waals surface area contributed by atoms with Crippen LogP contribution in [0.4, 0.5) is 0 Å². The molecule has 0 radical (unpaired) electrons. The maximum Gasteiger partial charge on any atom is 0.483 e. The Morgan fingerprint density at radius 3 is 2.38 bits per heavy atom. The van der Waals surface area contributed by atoms with E-state index in [1.165, 1.54) is 0 Å². The SMILES string of the molecule is CC(C)OC[P+](=O)Cl. The van der Waals surface area contributed by atoms with Crippen molar-refractivity contribution in [2.24, 2.45) is 0 Å². The minimum absolute atomic E-state index is 0.118. The quantitative estimate of drug-likeness (QED) is 0.585. The molecular weight excluding hydrogens is 146 g/mol. The zero-order valence-electron chi connectivity index (χ0n) is 4.93. The van der Waals surface area contributed by atoms with Gasteiger partial charge >= 0.3 is 7.15 Å². The molecule has 0 aliphatic heterocycles. The van der Waals surface area contributed by atoms with Crippen LogP contribution in [0.3, 0.4) is 0 Å². The minimum atomic E-state index is -1.63. The lowest BCUT2D eigenvalue weighted by molar-refractivity contribution is 0.117. The van der Waals surface area contributed by atoms with Gasteiger partial charge in [0.2, 0.25) is 11.2 Å². The fraction of sp³-hybridized carbons (Fsp3) is 1.00. The first-order valence-corrected chi connectivity index (χ1v) is 4.70. The van der Waals surface area contributed by atoms with E-state index in [2.05, 4.69) is 0 Å². The third-order valence-corrected chi connectivity index (χ3v) is 1.15. The van der Waals surface area contributed by atoms with Crippen LogP contribution in [0.1, 0.15) is 13.8 Å². The fourth-order valence-electron chi connectivity index (χ4n) is 0.208. The number of ether oxygens (including phenoxy) is 1. The largest absolute Gasteiger partial charge is 0.483 e. The second-order valence-corrected chi connectivity index (χ2v) is 3.69. The molecular formula is C4H9ClO2P+. The van der Waals surface area contributed by atoms with Gasteiger partial charge in [-0.25, -0.2) is 0 Å². The molecule has 0 heterocycles. The van der Waals surface area contributed by atoms with Gasteiger partial charge in [-0.05, 0) is 18.4 Å². The predicted octanol–water partition coefficient (Wildman–Crippen LogP) is 2.35. The van der Waals surface area contributed by atoms with Crippen molar-refractivity contribution in [1.82, 2.24) is 0 Å². The Bertz CT molecular complexity index is 84.1. The van der Waals surface area contributed by atoms with E-state index < -0.39 is 7.15 Å². The van der Waals surface area contributed by atoms with Crippen LogP contribution >= 0.6 is 18.4 Å². The third kappa shape index (κ3) is 6.35. The summed E-state index contributed by atoms with van der Waals surface area (Å²) in [6.07, 6.45) is 0.280. The molecule has 0 spiro atoms. The second-order valence-electron chi connectivity index (χ2n) is 1.66. The average Bonchev–Trinajstić information content (AvgIpc) is 1.61. The Kier molecular flexibility index (Phi) is 4.44. The van der Waals surface area contributed by atoms with Gasteiger partial charge in [-0.1, -0.05) is 0 Å². The first-order valence-electron chi connectivity index (χ1n) is 2.35. The van der Waals surface area contributed by atoms with Crippen molar-refractivity contribution in [2.75, 3.05) is 6.35 Å². The molecule has 0 saturated carbocycles. The minimum Gasteiger partial charge on any atom is -0.333 e. The lowest BCUT2D eigenvalue weighted by Crippen LogP contribution is -1.99. The molecule has 0 aliphatic rings. The molecule has 1 atom stereocenters. The summed E-state index contributed by atoms with van der Waals surface area (Å²) in [6, 6.07) is 0. The highest BCUT2D eigenvalue weighted by molar-refractivity contribution is 7.73. The van der Waals surface area contributed by atoms with Crippen LogP contribution in [0.2, 0.25) is 0 Å². The Balaban J connectivity index is 3.05. The van der Waals surface area contributed by atoms with Crippen molar-refractivity contribution in [3.05, 3.63) is 0 Å². The van der Waals surface area contributed by atoms with Gasteiger partial charge in [-0.15, -0.1) is 0 Å². The third-order valence-electron chi connectivity index (χ3n) is 0.509. The topological polar surface area (TPSA) is 26.3 Å². The highest BCUT2D eigenvalue weighted by Crippen LogP contribution is 2.25. The van der Waals surface area contributed by atoms with Crippen molar-refractivity contribution in [3.63, 3.8) is 0 Å². The Labute approximate surface area is 54.7 Å². The number of rotatable bonds is 3. The number of hydrogen-bond acceptors (Lipinski definition) is 2. The van der Waals surface area contributed by atoms with Crippen LogP contribution < -0.4 is 0 Å². The Hall–Kier alpha value is 0.350. The predicted molar refractivity (Wildman–Crippen MR) is 34.5 cm³/mol. The van der Waals surface area contributed by atoms with E-state index in [9.17, 15) is 4.57 Å². The molecule has 0 fully saturated rings. The lowest BCUT2D eigenvalue weighted by Gasteiger charge is -1.96. The molecule has 0 rings (SSSR count). The molecule has 48 valence electrons. The number of halogens is 1. The van der Waals surface area contributed by atoms with Gasteiger partial charge in [-0.2, -0.15) is 0 Å². The highest BCUT2D eigenvalue weighted by Gasteiger charge is 2.10. The molecule has 4 heteroatoms. The average molecular weight is 156 g/mol. The zero-order chi connectivity index (χ0) is 6.57. The molecule has 8 heavy (non-hydrogen) atoms. The van der Waals surface area contributed by atoms with E-state index in [4.69, 9.17) is 16.0 Å². The fourth-order valence-corrected chi connectivity index (χ4v) is 0.792. The molecule has 2 nitrogen and oxygen atoms in total. The summed E-state index contributed by atoms with van der Waals surface area (Å²) in [4.78, 5) is 0. The van der Waals surface area contributed by atoms with Gasteiger partial charge in [0.15, 0.2) is 0 Å². The van der Waals surface area contributed by atoms with E-state index in [-0.39, 0.29) is 12.5 Å². The van der Waals surface area contributed by atoms with Crippen LogP contribution in [-0.2, 0) is 9.30 Å². The van der Waals surface area contributed by atoms with Crippen molar-refractivity contribution in [1.29, 1.82) is 0 Å². The van der Waals surface area contributed by atoms with E-state index in [0.29, 0.717) is 0 Å². The lowest BCUT2D eigenvalue weighted by atomic mass is 10.5. The van der Waals surface area contributed by atoms with Gasteiger partial charge in [-0.3, -0.25) is 0 Å². The van der Waals surface area contributed by atoms with Crippen LogP contribution in [0.25, 0.3) is 0 Å². The summed E-state index contributed by atoms with van der Waals surface area (Å²) in [5.74, 6) is 0. The molecule has 0 saturated heterocycles. The molecule has 0 aliphatic carbocycles. The van der Waals surface area contributed by atoms with E-state index >= 15 is 0 Å². The Morgan fingerprint density at radius 2 is 2.25 bits per heavy atom. The Morgan fingerprint density at radius 1 is 1.75 bits per heavy atom. The van der Waals surface area contributed by atoms with Crippen LogP contribution in [0, 0.1) is 0 Å². The molecule has 1 unspecified atom stereocenters. The van der Waals surface area contributed by atoms with E-state index in [0.717, 1.165) is 0 Å². The van der Waals surface area contributed by atoms with Crippen LogP contribution in [0.5, 0.6) is 0 Å². The van der Waals surface area contributed by atoms with Crippen molar-refractivity contribution in [3.8, 4) is 0 Å². The molecule has 0 aromatic rings. The van der Waals surface area contributed by atoms with Gasteiger partial charge in [0, 0.05) is 0 Å². The normalized spacial score (nSPS) is 12.2. The summed E-state index contributed by atoms with van der Waals surface area (Å²) in [6.45, 7) is 3.74. The van der Waals surface area contributed by atoms with Crippen LogP contribution in [0.15, 0.2) is 0 Å². The standard InChI is InChI=1S/C4H9ClO2P/c1-4(2)7-3-8(5)6/h4H,3H2,1-2H3/q+1. The summed E-state index contributed by atoms with van der Waals surface area (Å²) >= 11 is 5.11. The summed E-state index contributed by atoms with van der Waals surface area (Å²) in [5, 5.41) is 0. The van der Waals surface area contributed by atoms with Gasteiger partial charge < -0.3 is 4.74 Å². The smallest absolute Gasteiger partial charge is 0.333 e. The van der Waals surface area contributed by atoms with Gasteiger partial charge in [0.05, 0.1) is 6.10 Å². The monoisotopic (exact) mass is 155 g/mol. The molecule has 0 bridgehead atoms. The van der Waals surface area contributed by atoms with E-state index in [1.54, 1.807) is 0 Å². The summed E-state index contributed by atoms with van der Waals surface area (Å²) in [7, 11) is -1.63. The van der Waals surface area contributed by atoms with Crippen molar-refractivity contribution in [2.45, 2.75) is 20.0 Å². The first-order chi connectivity index (χ1) is 3.63. The summed E-state index contributed by atoms with van der Waals surface area (Å²) < 4.78 is 15.0. The van der Waals surface area contributed by atoms with Gasteiger partial charge in [0.1, 0.15) is 0 Å². The molecule has 0 amide bonds. The zero-order valence-corrected chi connectivity index (χ0v) is 6.58. The summed E-state index contributed by atoms with van der Waals surface area (Å²) in [5.41, 5.74) is 0. The maximum absolute atomic E-state index is 10.1. The van der Waals surface area contributed by atoms with Crippen molar-refractivity contribution >= 4 is 18.4 Å². The van der Waals surface area contributed by atoms with Crippen molar-refractivity contribution < 1.29 is 9.30 Å². The second kappa shape index (κ2) is 4.25. The molecule has 0 aromatic heterocycles.